The van der Waals surface area contributed by atoms with Crippen LogP contribution >= 0.6 is 0 Å². The van der Waals surface area contributed by atoms with Gasteiger partial charge in [0.25, 0.3) is 5.91 Å². The molecule has 57 heavy (non-hydrogen) atoms. The van der Waals surface area contributed by atoms with E-state index >= 15 is 8.63 Å². The van der Waals surface area contributed by atoms with Crippen LogP contribution in [0.1, 0.15) is 97.0 Å². The van der Waals surface area contributed by atoms with Crippen molar-refractivity contribution in [2.75, 3.05) is 13.2 Å². The molecular weight excluding hydrogens is 735 g/mol. The summed E-state index contributed by atoms with van der Waals surface area (Å²) in [5.74, 6) is -1.61. The number of fused-ring (bicyclic) bond motifs is 2. The van der Waals surface area contributed by atoms with Gasteiger partial charge in [0.15, 0.2) is 5.70 Å². The molecule has 3 heterocycles. The summed E-state index contributed by atoms with van der Waals surface area (Å²) in [5, 5.41) is 5.09. The number of rotatable bonds is 12. The zero-order valence-electron chi connectivity index (χ0n) is 34.3. The Morgan fingerprint density at radius 2 is 1.56 bits per heavy atom. The van der Waals surface area contributed by atoms with Crippen LogP contribution in [0.25, 0.3) is 5.57 Å². The van der Waals surface area contributed by atoms with Crippen LogP contribution in [0.2, 0.25) is 0 Å². The summed E-state index contributed by atoms with van der Waals surface area (Å²) in [4.78, 5) is 57.0. The SMILES string of the molecule is CC1=CC(C)=[N+]2C1=C(CCCOC(=O)N[C@@H](Cc1ccc(OC(C)(C)C)cc1)C(=O)NCC(=O)NOC(=O)c1c(C)cc(C)cc1C)c1c(C)cc(C)n1[B-]2(F)F. The molecule has 0 fully saturated rings. The molecule has 2 aliphatic heterocycles. The Morgan fingerprint density at radius 3 is 2.19 bits per heavy atom. The minimum Gasteiger partial charge on any atom is -0.488 e. The van der Waals surface area contributed by atoms with Crippen molar-refractivity contribution in [3.63, 3.8) is 0 Å². The standard InChI is InChI=1S/C42H52BF2N5O7/c1-24-18-25(2)36(26(3)19-24)40(53)57-48-35(51)23-46-39(52)34(22-31-13-15-32(16-14-31)56-42(8,9)10)47-41(54)55-17-11-12-33-37-27(4)20-29(6)49(37)43(44,45)50-30(7)21-28(5)38(33)50/h13-16,18-21,34H,11-12,17,22-23H2,1-10H3,(H,46,52)(H,47,54)(H,48,51)/t34-/m0/s1. The maximum atomic E-state index is 15.9. The smallest absolute Gasteiger partial charge is 0.488 e. The number of halogens is 2. The number of hydrogen-bond acceptors (Lipinski definition) is 7. The van der Waals surface area contributed by atoms with Gasteiger partial charge in [-0.15, -0.1) is 0 Å². The van der Waals surface area contributed by atoms with E-state index in [-0.39, 0.29) is 13.0 Å². The minimum absolute atomic E-state index is 0.0401. The Labute approximate surface area is 332 Å². The second kappa shape index (κ2) is 16.8. The lowest BCUT2D eigenvalue weighted by Crippen LogP contribution is -2.51. The first kappa shape index (κ1) is 42.4. The van der Waals surface area contributed by atoms with E-state index in [0.29, 0.717) is 63.6 Å². The number of hydrogen-bond donors (Lipinski definition) is 3. The predicted molar refractivity (Wildman–Crippen MR) is 214 cm³/mol. The molecule has 0 saturated carbocycles. The van der Waals surface area contributed by atoms with Gasteiger partial charge in [-0.05, 0) is 121 Å². The van der Waals surface area contributed by atoms with Crippen LogP contribution in [0.3, 0.4) is 0 Å². The molecule has 5 rings (SSSR count). The quantitative estimate of drug-likeness (QED) is 0.105. The first-order chi connectivity index (χ1) is 26.7. The molecule has 3 aromatic rings. The average Bonchev–Trinajstić information content (AvgIpc) is 3.59. The molecule has 0 unspecified atom stereocenters. The van der Waals surface area contributed by atoms with Gasteiger partial charge < -0.3 is 42.5 Å². The van der Waals surface area contributed by atoms with Crippen molar-refractivity contribution in [2.45, 2.75) is 100 Å². The number of alkyl carbamates (subject to hydrolysis) is 1. The highest BCUT2D eigenvalue weighted by Gasteiger charge is 2.54. The molecule has 12 nitrogen and oxygen atoms in total. The summed E-state index contributed by atoms with van der Waals surface area (Å²) in [7, 11) is 0. The fourth-order valence-electron chi connectivity index (χ4n) is 7.74. The van der Waals surface area contributed by atoms with Crippen LogP contribution in [0, 0.1) is 34.6 Å². The van der Waals surface area contributed by atoms with Gasteiger partial charge in [-0.1, -0.05) is 29.8 Å². The van der Waals surface area contributed by atoms with Gasteiger partial charge in [-0.25, -0.2) is 9.59 Å². The van der Waals surface area contributed by atoms with E-state index in [1.54, 1.807) is 64.1 Å². The number of amides is 3. The molecule has 3 amide bonds. The van der Waals surface area contributed by atoms with Crippen molar-refractivity contribution in [3.8, 4) is 5.75 Å². The zero-order chi connectivity index (χ0) is 42.0. The highest BCUT2D eigenvalue weighted by Crippen LogP contribution is 2.43. The van der Waals surface area contributed by atoms with Crippen LogP contribution in [0.15, 0.2) is 59.8 Å². The van der Waals surface area contributed by atoms with E-state index in [2.05, 4.69) is 16.1 Å². The van der Waals surface area contributed by atoms with E-state index in [4.69, 9.17) is 14.3 Å². The van der Waals surface area contributed by atoms with Crippen molar-refractivity contribution in [1.29, 1.82) is 0 Å². The first-order valence-corrected chi connectivity index (χ1v) is 19.0. The third-order valence-electron chi connectivity index (χ3n) is 9.79. The Hall–Kier alpha value is -5.73. The summed E-state index contributed by atoms with van der Waals surface area (Å²) in [6.45, 7) is 13.5. The monoisotopic (exact) mass is 787 g/mol. The highest BCUT2D eigenvalue weighted by atomic mass is 19.2. The van der Waals surface area contributed by atoms with Crippen molar-refractivity contribution < 1.29 is 46.6 Å². The molecule has 0 radical (unpaired) electrons. The lowest BCUT2D eigenvalue weighted by Gasteiger charge is -2.34. The lowest BCUT2D eigenvalue weighted by molar-refractivity contribution is -0.363. The minimum atomic E-state index is -4.10. The fourth-order valence-corrected chi connectivity index (χ4v) is 7.74. The van der Waals surface area contributed by atoms with Crippen molar-refractivity contribution in [3.05, 3.63) is 105 Å². The number of aryl methyl sites for hydroxylation is 5. The number of ether oxygens (including phenoxy) is 2. The van der Waals surface area contributed by atoms with E-state index < -0.39 is 49.0 Å². The summed E-state index contributed by atoms with van der Waals surface area (Å²) in [5.41, 5.74) is 9.12. The molecule has 3 N–H and O–H groups in total. The second-order valence-corrected chi connectivity index (χ2v) is 15.8. The molecule has 0 spiro atoms. The molecular formula is C42H52BF2N5O7. The molecule has 2 aliphatic rings. The molecule has 1 atom stereocenters. The first-order valence-electron chi connectivity index (χ1n) is 19.0. The summed E-state index contributed by atoms with van der Waals surface area (Å²) >= 11 is 0. The molecule has 15 heteroatoms. The van der Waals surface area contributed by atoms with E-state index in [9.17, 15) is 19.2 Å². The summed E-state index contributed by atoms with van der Waals surface area (Å²) < 4.78 is 45.5. The maximum Gasteiger partial charge on any atom is 0.737 e. The van der Waals surface area contributed by atoms with Gasteiger partial charge in [0.2, 0.25) is 5.91 Å². The van der Waals surface area contributed by atoms with Crippen molar-refractivity contribution >= 4 is 42.1 Å². The normalized spacial score (nSPS) is 15.0. The third-order valence-corrected chi connectivity index (χ3v) is 9.79. The van der Waals surface area contributed by atoms with Crippen LogP contribution in [0.5, 0.6) is 5.75 Å². The van der Waals surface area contributed by atoms with Crippen molar-refractivity contribution in [2.24, 2.45) is 0 Å². The maximum absolute atomic E-state index is 15.9. The number of nitrogens with one attached hydrogen (secondary N) is 3. The predicted octanol–water partition coefficient (Wildman–Crippen LogP) is 6.71. The second-order valence-electron chi connectivity index (χ2n) is 15.8. The van der Waals surface area contributed by atoms with Crippen molar-refractivity contribution in [1.82, 2.24) is 20.6 Å². The highest BCUT2D eigenvalue weighted by molar-refractivity contribution is 6.58. The molecule has 0 bridgehead atoms. The Morgan fingerprint density at radius 1 is 0.912 bits per heavy atom. The van der Waals surface area contributed by atoms with Gasteiger partial charge in [-0.3, -0.25) is 9.59 Å². The molecule has 2 aromatic carbocycles. The van der Waals surface area contributed by atoms with E-state index in [1.165, 1.54) is 0 Å². The number of nitrogens with zero attached hydrogens (tertiary/aromatic N) is 2. The average molecular weight is 788 g/mol. The van der Waals surface area contributed by atoms with Crippen LogP contribution in [-0.2, 0) is 25.6 Å². The van der Waals surface area contributed by atoms with Gasteiger partial charge in [0, 0.05) is 36.3 Å². The molecule has 1 aromatic heterocycles. The Bertz CT molecular complexity index is 2180. The lowest BCUT2D eigenvalue weighted by atomic mass is 9.85. The molecule has 0 saturated heterocycles. The number of hydroxylamine groups is 1. The number of carbonyl (C=O) groups is 4. The van der Waals surface area contributed by atoms with Gasteiger partial charge in [0.1, 0.15) is 23.1 Å². The van der Waals surface area contributed by atoms with E-state index in [1.807, 2.05) is 53.7 Å². The Kier molecular flexibility index (Phi) is 12.5. The largest absolute Gasteiger partial charge is 0.737 e. The number of aromatic nitrogens is 1. The zero-order valence-corrected chi connectivity index (χ0v) is 34.3. The third kappa shape index (κ3) is 9.63. The van der Waals surface area contributed by atoms with Crippen LogP contribution in [0.4, 0.5) is 13.4 Å². The Balaban J connectivity index is 1.23. The number of benzene rings is 2. The summed E-state index contributed by atoms with van der Waals surface area (Å²) in [6.07, 6.45) is 1.59. The van der Waals surface area contributed by atoms with Crippen LogP contribution < -0.4 is 20.9 Å². The summed E-state index contributed by atoms with van der Waals surface area (Å²) in [6, 6.07) is 11.3. The van der Waals surface area contributed by atoms with Gasteiger partial charge >= 0.3 is 19.0 Å². The topological polar surface area (TPSA) is 140 Å². The number of allylic oxidation sites excluding steroid dienone is 3. The van der Waals surface area contributed by atoms with Gasteiger partial charge in [-0.2, -0.15) is 5.48 Å². The van der Waals surface area contributed by atoms with Gasteiger partial charge in [0.05, 0.1) is 18.7 Å². The fraction of sp³-hybridized carbons (Fsp3) is 0.405. The molecule has 304 valence electrons. The van der Waals surface area contributed by atoms with E-state index in [0.717, 1.165) is 31.2 Å². The molecule has 0 aliphatic carbocycles. The van der Waals surface area contributed by atoms with Crippen LogP contribution in [-0.4, -0.2) is 70.3 Å². The number of carbonyl (C=O) groups excluding carboxylic acids is 4.